The van der Waals surface area contributed by atoms with E-state index >= 15 is 0 Å². The number of aromatic nitrogens is 4. The number of aryl methyl sites for hydroxylation is 1. The Balaban J connectivity index is 0.00000208. The summed E-state index contributed by atoms with van der Waals surface area (Å²) in [7, 11) is 0. The van der Waals surface area contributed by atoms with Crippen LogP contribution in [0.25, 0.3) is 5.69 Å². The summed E-state index contributed by atoms with van der Waals surface area (Å²) in [4.78, 5) is 18.0. The number of benzene rings is 1. The third-order valence-corrected chi connectivity index (χ3v) is 3.38. The average Bonchev–Trinajstić information content (AvgIpc) is 2.98. The van der Waals surface area contributed by atoms with Crippen molar-refractivity contribution in [3.8, 4) is 5.69 Å². The molecule has 0 atom stereocenters. The first-order valence-corrected chi connectivity index (χ1v) is 7.41. The number of pyridine rings is 1. The quantitative estimate of drug-likeness (QED) is 0.772. The molecule has 0 radical (unpaired) electrons. The molecular formula is C17H18ClN5O. The largest absolute Gasteiger partial charge is 0.350 e. The summed E-state index contributed by atoms with van der Waals surface area (Å²) in [6.07, 6.45) is 2.42. The van der Waals surface area contributed by atoms with E-state index in [4.69, 9.17) is 0 Å². The summed E-state index contributed by atoms with van der Waals surface area (Å²) in [6, 6.07) is 15.2. The molecule has 3 aromatic rings. The highest BCUT2D eigenvalue weighted by molar-refractivity contribution is 5.93. The standard InChI is InChI=1S/C17H17N5O.ClH/c1-13-16(21-22(20-13)15-8-3-2-4-9-15)17(23)19-12-10-14-7-5-6-11-18-14;/h2-9,11H,10,12H2,1H3,(H,19,23);1H. The number of hydrogen-bond donors (Lipinski definition) is 1. The van der Waals surface area contributed by atoms with Gasteiger partial charge in [0, 0.05) is 24.9 Å². The van der Waals surface area contributed by atoms with E-state index in [1.165, 1.54) is 4.80 Å². The third kappa shape index (κ3) is 4.17. The molecule has 3 rings (SSSR count). The second-order valence-corrected chi connectivity index (χ2v) is 5.09. The topological polar surface area (TPSA) is 72.7 Å². The monoisotopic (exact) mass is 343 g/mol. The molecule has 0 saturated carbocycles. The van der Waals surface area contributed by atoms with E-state index in [2.05, 4.69) is 20.5 Å². The third-order valence-electron chi connectivity index (χ3n) is 3.38. The Bertz CT molecular complexity index is 789. The van der Waals surface area contributed by atoms with E-state index in [9.17, 15) is 4.79 Å². The van der Waals surface area contributed by atoms with Gasteiger partial charge in [-0.25, -0.2) is 0 Å². The van der Waals surface area contributed by atoms with Crippen LogP contribution in [0.1, 0.15) is 21.9 Å². The number of amides is 1. The first-order valence-electron chi connectivity index (χ1n) is 7.41. The molecule has 2 aromatic heterocycles. The number of halogens is 1. The van der Waals surface area contributed by atoms with Gasteiger partial charge in [0.1, 0.15) is 0 Å². The molecule has 1 aromatic carbocycles. The lowest BCUT2D eigenvalue weighted by atomic mass is 10.2. The van der Waals surface area contributed by atoms with Crippen LogP contribution >= 0.6 is 12.4 Å². The van der Waals surface area contributed by atoms with Gasteiger partial charge in [0.05, 0.1) is 11.4 Å². The fourth-order valence-corrected chi connectivity index (χ4v) is 2.20. The normalized spacial score (nSPS) is 10.0. The van der Waals surface area contributed by atoms with E-state index in [0.717, 1.165) is 11.4 Å². The molecule has 1 amide bonds. The molecule has 124 valence electrons. The smallest absolute Gasteiger partial charge is 0.273 e. The molecule has 7 heteroatoms. The molecule has 2 heterocycles. The van der Waals surface area contributed by atoms with Crippen LogP contribution in [0.4, 0.5) is 0 Å². The van der Waals surface area contributed by atoms with Gasteiger partial charge in [0.15, 0.2) is 5.69 Å². The van der Waals surface area contributed by atoms with Crippen molar-refractivity contribution >= 4 is 18.3 Å². The van der Waals surface area contributed by atoms with Gasteiger partial charge in [0.25, 0.3) is 5.91 Å². The Hall–Kier alpha value is -2.73. The molecule has 0 unspecified atom stereocenters. The highest BCUT2D eigenvalue weighted by atomic mass is 35.5. The van der Waals surface area contributed by atoms with Crippen molar-refractivity contribution in [3.05, 3.63) is 71.8 Å². The first kappa shape index (κ1) is 17.6. The fourth-order valence-electron chi connectivity index (χ4n) is 2.20. The zero-order chi connectivity index (χ0) is 16.1. The van der Waals surface area contributed by atoms with Gasteiger partial charge in [-0.15, -0.1) is 17.5 Å². The Morgan fingerprint density at radius 1 is 1.08 bits per heavy atom. The van der Waals surface area contributed by atoms with Crippen molar-refractivity contribution < 1.29 is 4.79 Å². The number of para-hydroxylation sites is 1. The van der Waals surface area contributed by atoms with Crippen LogP contribution in [0.3, 0.4) is 0 Å². The maximum atomic E-state index is 12.3. The van der Waals surface area contributed by atoms with Crippen molar-refractivity contribution in [2.45, 2.75) is 13.3 Å². The second-order valence-electron chi connectivity index (χ2n) is 5.09. The van der Waals surface area contributed by atoms with Gasteiger partial charge < -0.3 is 5.32 Å². The lowest BCUT2D eigenvalue weighted by Crippen LogP contribution is -2.27. The number of carbonyl (C=O) groups excluding carboxylic acids is 1. The summed E-state index contributed by atoms with van der Waals surface area (Å²) in [5.74, 6) is -0.222. The number of nitrogens with zero attached hydrogens (tertiary/aromatic N) is 4. The van der Waals surface area contributed by atoms with Crippen LogP contribution in [0.15, 0.2) is 54.7 Å². The van der Waals surface area contributed by atoms with E-state index in [1.54, 1.807) is 13.1 Å². The molecule has 6 nitrogen and oxygen atoms in total. The minimum atomic E-state index is -0.222. The molecule has 0 aliphatic heterocycles. The molecule has 0 aliphatic rings. The maximum absolute atomic E-state index is 12.3. The van der Waals surface area contributed by atoms with Crippen LogP contribution in [0, 0.1) is 6.92 Å². The summed E-state index contributed by atoms with van der Waals surface area (Å²) >= 11 is 0. The van der Waals surface area contributed by atoms with Gasteiger partial charge in [0.2, 0.25) is 0 Å². The van der Waals surface area contributed by atoms with Crippen molar-refractivity contribution in [1.29, 1.82) is 0 Å². The predicted octanol–water partition coefficient (Wildman–Crippen LogP) is 2.37. The van der Waals surface area contributed by atoms with Crippen LogP contribution in [-0.4, -0.2) is 32.4 Å². The van der Waals surface area contributed by atoms with Crippen molar-refractivity contribution in [2.75, 3.05) is 6.54 Å². The predicted molar refractivity (Wildman–Crippen MR) is 93.6 cm³/mol. The van der Waals surface area contributed by atoms with Crippen molar-refractivity contribution in [2.24, 2.45) is 0 Å². The molecule has 0 aliphatic carbocycles. The highest BCUT2D eigenvalue weighted by Crippen LogP contribution is 2.08. The first-order chi connectivity index (χ1) is 11.2. The molecule has 24 heavy (non-hydrogen) atoms. The van der Waals surface area contributed by atoms with Crippen LogP contribution in [-0.2, 0) is 6.42 Å². The van der Waals surface area contributed by atoms with Gasteiger partial charge in [-0.1, -0.05) is 24.3 Å². The Morgan fingerprint density at radius 3 is 2.54 bits per heavy atom. The number of nitrogens with one attached hydrogen (secondary N) is 1. The highest BCUT2D eigenvalue weighted by Gasteiger charge is 2.15. The SMILES string of the molecule is Cc1nn(-c2ccccc2)nc1C(=O)NCCc1ccccn1.Cl. The molecule has 0 saturated heterocycles. The Labute approximate surface area is 146 Å². The minimum Gasteiger partial charge on any atom is -0.350 e. The number of rotatable bonds is 5. The summed E-state index contributed by atoms with van der Waals surface area (Å²) in [5.41, 5.74) is 2.71. The van der Waals surface area contributed by atoms with E-state index in [-0.39, 0.29) is 18.3 Å². The maximum Gasteiger partial charge on any atom is 0.273 e. The summed E-state index contributed by atoms with van der Waals surface area (Å²) in [5, 5.41) is 11.4. The van der Waals surface area contributed by atoms with Gasteiger partial charge in [-0.3, -0.25) is 9.78 Å². The van der Waals surface area contributed by atoms with E-state index in [0.29, 0.717) is 24.4 Å². The van der Waals surface area contributed by atoms with E-state index < -0.39 is 0 Å². The number of hydrogen-bond acceptors (Lipinski definition) is 4. The van der Waals surface area contributed by atoms with Gasteiger partial charge in [-0.2, -0.15) is 9.90 Å². The van der Waals surface area contributed by atoms with Crippen LogP contribution in [0.5, 0.6) is 0 Å². The second kappa shape index (κ2) is 8.21. The van der Waals surface area contributed by atoms with Crippen molar-refractivity contribution in [1.82, 2.24) is 25.3 Å². The number of carbonyl (C=O) groups is 1. The Kier molecular flexibility index (Phi) is 6.03. The zero-order valence-electron chi connectivity index (χ0n) is 13.2. The molecule has 1 N–H and O–H groups in total. The van der Waals surface area contributed by atoms with Crippen LogP contribution in [0.2, 0.25) is 0 Å². The average molecular weight is 344 g/mol. The van der Waals surface area contributed by atoms with Gasteiger partial charge >= 0.3 is 0 Å². The summed E-state index contributed by atoms with van der Waals surface area (Å²) < 4.78 is 0. The lowest BCUT2D eigenvalue weighted by Gasteiger charge is -2.03. The minimum absolute atomic E-state index is 0. The molecule has 0 fully saturated rings. The molecule has 0 spiro atoms. The molecule has 0 bridgehead atoms. The van der Waals surface area contributed by atoms with E-state index in [1.807, 2.05) is 48.5 Å². The molecular weight excluding hydrogens is 326 g/mol. The Morgan fingerprint density at radius 2 is 1.83 bits per heavy atom. The lowest BCUT2D eigenvalue weighted by molar-refractivity contribution is 0.0948. The fraction of sp³-hybridized carbons (Fsp3) is 0.176. The zero-order valence-corrected chi connectivity index (χ0v) is 14.0. The van der Waals surface area contributed by atoms with Gasteiger partial charge in [-0.05, 0) is 31.2 Å². The van der Waals surface area contributed by atoms with Crippen molar-refractivity contribution in [3.63, 3.8) is 0 Å². The van der Waals surface area contributed by atoms with Crippen LogP contribution < -0.4 is 5.32 Å². The summed E-state index contributed by atoms with van der Waals surface area (Å²) in [6.45, 7) is 2.29.